The monoisotopic (exact) mass is 299 g/mol. The van der Waals surface area contributed by atoms with Crippen LogP contribution in [0.5, 0.6) is 5.75 Å². The van der Waals surface area contributed by atoms with Gasteiger partial charge >= 0.3 is 0 Å². The fourth-order valence-corrected chi connectivity index (χ4v) is 5.57. The molecule has 1 aromatic carbocycles. The van der Waals surface area contributed by atoms with Crippen molar-refractivity contribution in [3.05, 3.63) is 29.8 Å². The van der Waals surface area contributed by atoms with Gasteiger partial charge in [-0.1, -0.05) is 12.1 Å². The normalized spacial score (nSPS) is 35.6. The summed E-state index contributed by atoms with van der Waals surface area (Å²) in [5.41, 5.74) is 0.939. The fraction of sp³-hybridized carbons (Fsp3) is 0.632. The second-order valence-corrected chi connectivity index (χ2v) is 7.67. The molecule has 3 heteroatoms. The van der Waals surface area contributed by atoms with E-state index in [-0.39, 0.29) is 11.3 Å². The van der Waals surface area contributed by atoms with Crippen molar-refractivity contribution in [1.82, 2.24) is 5.32 Å². The zero-order chi connectivity index (χ0) is 15.2. The first-order valence-corrected chi connectivity index (χ1v) is 8.59. The minimum atomic E-state index is 0.146. The lowest BCUT2D eigenvalue weighted by Gasteiger charge is -2.57. The van der Waals surface area contributed by atoms with Gasteiger partial charge in [-0.2, -0.15) is 0 Å². The van der Waals surface area contributed by atoms with Crippen molar-refractivity contribution < 1.29 is 9.53 Å². The highest BCUT2D eigenvalue weighted by atomic mass is 16.5. The van der Waals surface area contributed by atoms with Crippen LogP contribution in [0, 0.1) is 17.8 Å². The van der Waals surface area contributed by atoms with Gasteiger partial charge in [0.1, 0.15) is 5.75 Å². The van der Waals surface area contributed by atoms with Gasteiger partial charge in [0.05, 0.1) is 19.2 Å². The average Bonchev–Trinajstić information content (AvgIpc) is 2.51. The quantitative estimate of drug-likeness (QED) is 0.847. The van der Waals surface area contributed by atoms with Crippen LogP contribution in [0.15, 0.2) is 24.3 Å². The second kappa shape index (κ2) is 5.38. The molecule has 22 heavy (non-hydrogen) atoms. The van der Waals surface area contributed by atoms with Crippen LogP contribution in [-0.4, -0.2) is 25.0 Å². The fourth-order valence-electron chi connectivity index (χ4n) is 5.57. The number of Topliss-reactive ketones (excluding diaryl/α,β-unsaturated/α-hetero) is 1. The predicted molar refractivity (Wildman–Crippen MR) is 86.2 cm³/mol. The predicted octanol–water partition coefficient (Wildman–Crippen LogP) is 3.44. The van der Waals surface area contributed by atoms with Crippen LogP contribution in [0.2, 0.25) is 0 Å². The van der Waals surface area contributed by atoms with Gasteiger partial charge < -0.3 is 10.1 Å². The number of rotatable bonds is 5. The molecule has 4 bridgehead atoms. The smallest absolute Gasteiger partial charge is 0.180 e. The van der Waals surface area contributed by atoms with Crippen molar-refractivity contribution >= 4 is 5.78 Å². The molecule has 0 saturated heterocycles. The van der Waals surface area contributed by atoms with Gasteiger partial charge in [0, 0.05) is 5.54 Å². The number of benzene rings is 1. The van der Waals surface area contributed by atoms with E-state index in [1.54, 1.807) is 7.11 Å². The molecule has 5 rings (SSSR count). The molecule has 1 aromatic rings. The Morgan fingerprint density at radius 2 is 1.73 bits per heavy atom. The Hall–Kier alpha value is -1.35. The first-order chi connectivity index (χ1) is 10.7. The number of methoxy groups -OCH3 is 1. The molecule has 4 fully saturated rings. The lowest BCUT2D eigenvalue weighted by molar-refractivity contribution is -0.0186. The van der Waals surface area contributed by atoms with E-state index in [0.717, 1.165) is 17.8 Å². The summed E-state index contributed by atoms with van der Waals surface area (Å²) >= 11 is 0. The van der Waals surface area contributed by atoms with Crippen molar-refractivity contribution in [3.63, 3.8) is 0 Å². The molecule has 0 heterocycles. The Balaban J connectivity index is 1.45. The summed E-state index contributed by atoms with van der Waals surface area (Å²) < 4.78 is 5.31. The van der Waals surface area contributed by atoms with E-state index in [4.69, 9.17) is 4.74 Å². The lowest BCUT2D eigenvalue weighted by Crippen LogP contribution is -2.59. The maximum Gasteiger partial charge on any atom is 0.180 e. The lowest BCUT2D eigenvalue weighted by atomic mass is 9.53. The number of para-hydroxylation sites is 1. The van der Waals surface area contributed by atoms with Crippen LogP contribution in [0.3, 0.4) is 0 Å². The van der Waals surface area contributed by atoms with E-state index in [0.29, 0.717) is 17.9 Å². The molecule has 4 aliphatic rings. The topological polar surface area (TPSA) is 38.3 Å². The Labute approximate surface area is 132 Å². The van der Waals surface area contributed by atoms with Crippen molar-refractivity contribution in [2.24, 2.45) is 17.8 Å². The van der Waals surface area contributed by atoms with E-state index >= 15 is 0 Å². The van der Waals surface area contributed by atoms with Gasteiger partial charge in [-0.15, -0.1) is 0 Å². The van der Waals surface area contributed by atoms with Crippen LogP contribution in [0.4, 0.5) is 0 Å². The molecule has 4 aliphatic carbocycles. The summed E-state index contributed by atoms with van der Waals surface area (Å²) in [6, 6.07) is 7.53. The number of carbonyl (C=O) groups is 1. The molecule has 0 aromatic heterocycles. The van der Waals surface area contributed by atoms with Gasteiger partial charge in [0.2, 0.25) is 0 Å². The Bertz CT molecular complexity index is 545. The van der Waals surface area contributed by atoms with Crippen LogP contribution in [0.1, 0.15) is 48.9 Å². The summed E-state index contributed by atoms with van der Waals surface area (Å²) in [5, 5.41) is 3.67. The maximum atomic E-state index is 12.6. The number of ketones is 1. The third kappa shape index (κ3) is 2.45. The van der Waals surface area contributed by atoms with Gasteiger partial charge in [-0.25, -0.2) is 0 Å². The zero-order valence-corrected chi connectivity index (χ0v) is 13.3. The van der Waals surface area contributed by atoms with Crippen LogP contribution < -0.4 is 10.1 Å². The Morgan fingerprint density at radius 1 is 1.14 bits per heavy atom. The molecule has 0 unspecified atom stereocenters. The number of nitrogens with one attached hydrogen (secondary N) is 1. The number of hydrogen-bond donors (Lipinski definition) is 1. The van der Waals surface area contributed by atoms with E-state index in [2.05, 4.69) is 5.32 Å². The van der Waals surface area contributed by atoms with Gasteiger partial charge in [-0.05, 0) is 68.4 Å². The Kier molecular flexibility index (Phi) is 3.48. The first kappa shape index (κ1) is 14.3. The highest BCUT2D eigenvalue weighted by Gasteiger charge is 2.50. The molecule has 4 saturated carbocycles. The van der Waals surface area contributed by atoms with Crippen molar-refractivity contribution in [2.45, 2.75) is 44.1 Å². The number of ether oxygens (including phenoxy) is 1. The number of hydrogen-bond acceptors (Lipinski definition) is 3. The molecule has 0 radical (unpaired) electrons. The molecule has 0 aliphatic heterocycles. The largest absolute Gasteiger partial charge is 0.496 e. The van der Waals surface area contributed by atoms with Crippen molar-refractivity contribution in [2.75, 3.05) is 13.7 Å². The van der Waals surface area contributed by atoms with E-state index < -0.39 is 0 Å². The maximum absolute atomic E-state index is 12.6. The van der Waals surface area contributed by atoms with Gasteiger partial charge in [-0.3, -0.25) is 4.79 Å². The minimum Gasteiger partial charge on any atom is -0.496 e. The van der Waals surface area contributed by atoms with Crippen LogP contribution in [-0.2, 0) is 0 Å². The van der Waals surface area contributed by atoms with E-state index in [1.807, 2.05) is 24.3 Å². The highest BCUT2D eigenvalue weighted by Crippen LogP contribution is 2.55. The molecular weight excluding hydrogens is 274 g/mol. The van der Waals surface area contributed by atoms with Crippen LogP contribution in [0.25, 0.3) is 0 Å². The zero-order valence-electron chi connectivity index (χ0n) is 13.3. The molecule has 0 spiro atoms. The summed E-state index contributed by atoms with van der Waals surface area (Å²) in [7, 11) is 1.62. The second-order valence-electron chi connectivity index (χ2n) is 7.67. The van der Waals surface area contributed by atoms with Crippen LogP contribution >= 0.6 is 0 Å². The SMILES string of the molecule is COc1ccccc1C(=O)CNC12CC3CC(CC(C3)C1)C2. The highest BCUT2D eigenvalue weighted by molar-refractivity contribution is 6.00. The third-order valence-electron chi connectivity index (χ3n) is 6.07. The summed E-state index contributed by atoms with van der Waals surface area (Å²) in [6.45, 7) is 0.437. The van der Waals surface area contributed by atoms with Gasteiger partial charge in [0.25, 0.3) is 0 Å². The summed E-state index contributed by atoms with van der Waals surface area (Å²) in [4.78, 5) is 12.6. The molecular formula is C19H25NO2. The molecule has 0 amide bonds. The van der Waals surface area contributed by atoms with E-state index in [1.165, 1.54) is 38.5 Å². The van der Waals surface area contributed by atoms with Crippen molar-refractivity contribution in [3.8, 4) is 5.75 Å². The molecule has 118 valence electrons. The molecule has 3 nitrogen and oxygen atoms in total. The summed E-state index contributed by atoms with van der Waals surface area (Å²) in [5.74, 6) is 3.54. The molecule has 0 atom stereocenters. The van der Waals surface area contributed by atoms with Crippen molar-refractivity contribution in [1.29, 1.82) is 0 Å². The minimum absolute atomic E-state index is 0.146. The third-order valence-corrected chi connectivity index (χ3v) is 6.07. The first-order valence-electron chi connectivity index (χ1n) is 8.59. The average molecular weight is 299 g/mol. The summed E-state index contributed by atoms with van der Waals surface area (Å²) in [6.07, 6.45) is 8.12. The number of carbonyl (C=O) groups excluding carboxylic acids is 1. The standard InChI is InChI=1S/C19H25NO2/c1-22-18-5-3-2-4-16(18)17(21)12-20-19-9-13-6-14(10-19)8-15(7-13)11-19/h2-5,13-15,20H,6-12H2,1H3. The molecule has 1 N–H and O–H groups in total. The Morgan fingerprint density at radius 3 is 2.32 bits per heavy atom. The van der Waals surface area contributed by atoms with E-state index in [9.17, 15) is 4.79 Å². The van der Waals surface area contributed by atoms with Gasteiger partial charge in [0.15, 0.2) is 5.78 Å².